The van der Waals surface area contributed by atoms with Crippen LogP contribution in [0.1, 0.15) is 38.3 Å². The number of urea groups is 1. The second-order valence-electron chi connectivity index (χ2n) is 6.52. The van der Waals surface area contributed by atoms with Crippen LogP contribution in [0.2, 0.25) is 0 Å². The number of carbonyl (C=O) groups is 2. The highest BCUT2D eigenvalue weighted by molar-refractivity contribution is 5.75. The number of benzene rings is 1. The third-order valence-electron chi connectivity index (χ3n) is 4.69. The Hall–Kier alpha value is -2.44. The smallest absolute Gasteiger partial charge is 0.315 e. The van der Waals surface area contributed by atoms with Gasteiger partial charge in [-0.25, -0.2) is 4.79 Å². The Bertz CT molecular complexity index is 641. The fourth-order valence-electron chi connectivity index (χ4n) is 3.18. The van der Waals surface area contributed by atoms with Gasteiger partial charge in [0.2, 0.25) is 5.91 Å². The molecule has 1 atom stereocenters. The van der Waals surface area contributed by atoms with Gasteiger partial charge in [0, 0.05) is 26.1 Å². The molecule has 1 saturated heterocycles. The van der Waals surface area contributed by atoms with E-state index in [1.165, 1.54) is 0 Å². The summed E-state index contributed by atoms with van der Waals surface area (Å²) < 4.78 is 11.1. The van der Waals surface area contributed by atoms with Crippen LogP contribution in [0, 0.1) is 0 Å². The number of nitrogens with zero attached hydrogens (tertiary/aromatic N) is 1. The number of rotatable bonds is 3. The van der Waals surface area contributed by atoms with E-state index in [-0.39, 0.29) is 24.0 Å². The molecule has 0 aliphatic carbocycles. The lowest BCUT2D eigenvalue weighted by Gasteiger charge is -2.32. The summed E-state index contributed by atoms with van der Waals surface area (Å²) in [5.41, 5.74) is 0.964. The summed E-state index contributed by atoms with van der Waals surface area (Å²) in [6.07, 6.45) is 1.57. The number of ether oxygens (including phenoxy) is 2. The van der Waals surface area contributed by atoms with E-state index in [4.69, 9.17) is 9.47 Å². The van der Waals surface area contributed by atoms with Crippen LogP contribution >= 0.6 is 0 Å². The summed E-state index contributed by atoms with van der Waals surface area (Å²) in [6.45, 7) is 6.00. The Kier molecular flexibility index (Phi) is 5.31. The summed E-state index contributed by atoms with van der Waals surface area (Å²) in [7, 11) is 0. The van der Waals surface area contributed by atoms with E-state index < -0.39 is 0 Å². The summed E-state index contributed by atoms with van der Waals surface area (Å²) in [4.78, 5) is 25.4. The number of hydrogen-bond acceptors (Lipinski definition) is 4. The predicted octanol–water partition coefficient (Wildman–Crippen LogP) is 1.83. The van der Waals surface area contributed by atoms with Crippen molar-refractivity contribution in [1.29, 1.82) is 0 Å². The van der Waals surface area contributed by atoms with Gasteiger partial charge in [-0.1, -0.05) is 6.07 Å². The SMILES string of the molecule is CC(=O)N1CCC(NC(=O)N[C@@H](C)c2ccc3c(c2)OCCO3)CC1. The van der Waals surface area contributed by atoms with E-state index in [1.807, 2.05) is 30.0 Å². The second-order valence-corrected chi connectivity index (χ2v) is 6.52. The van der Waals surface area contributed by atoms with Crippen LogP contribution in [-0.4, -0.2) is 49.2 Å². The van der Waals surface area contributed by atoms with Crippen molar-refractivity contribution in [3.8, 4) is 11.5 Å². The van der Waals surface area contributed by atoms with Crippen molar-refractivity contribution in [3.63, 3.8) is 0 Å². The molecule has 25 heavy (non-hydrogen) atoms. The molecule has 1 aromatic rings. The first-order chi connectivity index (χ1) is 12.0. The molecule has 0 bridgehead atoms. The van der Waals surface area contributed by atoms with Crippen molar-refractivity contribution in [2.45, 2.75) is 38.8 Å². The Morgan fingerprint density at radius 1 is 1.16 bits per heavy atom. The van der Waals surface area contributed by atoms with Crippen molar-refractivity contribution in [2.24, 2.45) is 0 Å². The highest BCUT2D eigenvalue weighted by Crippen LogP contribution is 2.32. The minimum atomic E-state index is -0.191. The molecule has 2 N–H and O–H groups in total. The van der Waals surface area contributed by atoms with Gasteiger partial charge in [0.15, 0.2) is 11.5 Å². The van der Waals surface area contributed by atoms with Gasteiger partial charge in [0.05, 0.1) is 6.04 Å². The third kappa shape index (κ3) is 4.35. The molecule has 1 fully saturated rings. The lowest BCUT2D eigenvalue weighted by molar-refractivity contribution is -0.129. The maximum Gasteiger partial charge on any atom is 0.315 e. The average Bonchev–Trinajstić information content (AvgIpc) is 2.61. The highest BCUT2D eigenvalue weighted by atomic mass is 16.6. The zero-order valence-corrected chi connectivity index (χ0v) is 14.7. The van der Waals surface area contributed by atoms with Crippen molar-refractivity contribution >= 4 is 11.9 Å². The Morgan fingerprint density at radius 3 is 2.52 bits per heavy atom. The van der Waals surface area contributed by atoms with Gasteiger partial charge < -0.3 is 25.0 Å². The normalized spacial score (nSPS) is 18.4. The minimum Gasteiger partial charge on any atom is -0.486 e. The zero-order valence-electron chi connectivity index (χ0n) is 14.7. The van der Waals surface area contributed by atoms with E-state index in [2.05, 4.69) is 10.6 Å². The fraction of sp³-hybridized carbons (Fsp3) is 0.556. The average molecular weight is 347 g/mol. The number of hydrogen-bond donors (Lipinski definition) is 2. The van der Waals surface area contributed by atoms with Crippen molar-refractivity contribution < 1.29 is 19.1 Å². The van der Waals surface area contributed by atoms with Gasteiger partial charge in [-0.3, -0.25) is 4.79 Å². The molecule has 136 valence electrons. The summed E-state index contributed by atoms with van der Waals surface area (Å²) in [5.74, 6) is 1.55. The molecule has 0 aromatic heterocycles. The monoisotopic (exact) mass is 347 g/mol. The van der Waals surface area contributed by atoms with Gasteiger partial charge in [0.1, 0.15) is 13.2 Å². The lowest BCUT2D eigenvalue weighted by atomic mass is 10.1. The van der Waals surface area contributed by atoms with Crippen LogP contribution in [0.3, 0.4) is 0 Å². The Labute approximate surface area is 147 Å². The van der Waals surface area contributed by atoms with E-state index in [9.17, 15) is 9.59 Å². The van der Waals surface area contributed by atoms with Crippen molar-refractivity contribution in [2.75, 3.05) is 26.3 Å². The number of amides is 3. The molecular weight excluding hydrogens is 322 g/mol. The molecule has 7 nitrogen and oxygen atoms in total. The first kappa shape index (κ1) is 17.4. The summed E-state index contributed by atoms with van der Waals surface area (Å²) >= 11 is 0. The molecule has 2 heterocycles. The van der Waals surface area contributed by atoms with E-state index in [0.717, 1.165) is 29.9 Å². The second kappa shape index (κ2) is 7.63. The van der Waals surface area contributed by atoms with E-state index in [0.29, 0.717) is 26.3 Å². The van der Waals surface area contributed by atoms with E-state index >= 15 is 0 Å². The van der Waals surface area contributed by atoms with Crippen LogP contribution in [0.5, 0.6) is 11.5 Å². The fourth-order valence-corrected chi connectivity index (χ4v) is 3.18. The molecule has 0 unspecified atom stereocenters. The van der Waals surface area contributed by atoms with Crippen LogP contribution in [0.4, 0.5) is 4.79 Å². The standard InChI is InChI=1S/C18H25N3O4/c1-12(14-3-4-16-17(11-14)25-10-9-24-16)19-18(23)20-15-5-7-21(8-6-15)13(2)22/h3-4,11-12,15H,5-10H2,1-2H3,(H2,19,20,23)/t12-/m0/s1. The topological polar surface area (TPSA) is 79.9 Å². The highest BCUT2D eigenvalue weighted by Gasteiger charge is 2.22. The number of likely N-dealkylation sites (tertiary alicyclic amines) is 1. The summed E-state index contributed by atoms with van der Waals surface area (Å²) in [6, 6.07) is 5.48. The Morgan fingerprint density at radius 2 is 1.84 bits per heavy atom. The predicted molar refractivity (Wildman–Crippen MR) is 92.8 cm³/mol. The maximum absolute atomic E-state index is 12.2. The number of piperidine rings is 1. The molecule has 3 amide bonds. The molecule has 2 aliphatic heterocycles. The summed E-state index contributed by atoms with van der Waals surface area (Å²) in [5, 5.41) is 5.95. The zero-order chi connectivity index (χ0) is 17.8. The first-order valence-corrected chi connectivity index (χ1v) is 8.75. The lowest BCUT2D eigenvalue weighted by Crippen LogP contribution is -2.49. The van der Waals surface area contributed by atoms with Gasteiger partial charge in [-0.05, 0) is 37.5 Å². The minimum absolute atomic E-state index is 0.0927. The maximum atomic E-state index is 12.2. The quantitative estimate of drug-likeness (QED) is 0.874. The van der Waals surface area contributed by atoms with Crippen LogP contribution in [-0.2, 0) is 4.79 Å². The van der Waals surface area contributed by atoms with Gasteiger partial charge in [-0.15, -0.1) is 0 Å². The van der Waals surface area contributed by atoms with Crippen LogP contribution in [0.15, 0.2) is 18.2 Å². The molecule has 0 radical (unpaired) electrons. The molecular formula is C18H25N3O4. The van der Waals surface area contributed by atoms with Gasteiger partial charge in [-0.2, -0.15) is 0 Å². The van der Waals surface area contributed by atoms with Crippen molar-refractivity contribution in [3.05, 3.63) is 23.8 Å². The third-order valence-corrected chi connectivity index (χ3v) is 4.69. The van der Waals surface area contributed by atoms with Gasteiger partial charge in [0.25, 0.3) is 0 Å². The van der Waals surface area contributed by atoms with Crippen LogP contribution in [0.25, 0.3) is 0 Å². The molecule has 2 aliphatic rings. The molecule has 0 saturated carbocycles. The molecule has 7 heteroatoms. The molecule has 3 rings (SSSR count). The first-order valence-electron chi connectivity index (χ1n) is 8.75. The molecule has 0 spiro atoms. The largest absolute Gasteiger partial charge is 0.486 e. The molecule has 1 aromatic carbocycles. The number of nitrogens with one attached hydrogen (secondary N) is 2. The van der Waals surface area contributed by atoms with Gasteiger partial charge >= 0.3 is 6.03 Å². The van der Waals surface area contributed by atoms with Crippen LogP contribution < -0.4 is 20.1 Å². The Balaban J connectivity index is 1.50. The van der Waals surface area contributed by atoms with E-state index in [1.54, 1.807) is 6.92 Å². The van der Waals surface area contributed by atoms with Crippen molar-refractivity contribution in [1.82, 2.24) is 15.5 Å². The number of carbonyl (C=O) groups excluding carboxylic acids is 2. The number of fused-ring (bicyclic) bond motifs is 1.